The van der Waals surface area contributed by atoms with Gasteiger partial charge in [-0.3, -0.25) is 4.79 Å². The van der Waals surface area contributed by atoms with Gasteiger partial charge < -0.3 is 15.5 Å². The van der Waals surface area contributed by atoms with Gasteiger partial charge in [-0.05, 0) is 109 Å². The van der Waals surface area contributed by atoms with Crippen LogP contribution in [0.2, 0.25) is 0 Å². The number of amides is 1. The summed E-state index contributed by atoms with van der Waals surface area (Å²) in [5, 5.41) is 23.2. The lowest BCUT2D eigenvalue weighted by Crippen LogP contribution is -2.45. The van der Waals surface area contributed by atoms with Crippen molar-refractivity contribution in [2.24, 2.45) is 0 Å². The lowest BCUT2D eigenvalue weighted by Gasteiger charge is -2.19. The molecule has 0 saturated carbocycles. The SMILES string of the molecule is CC/C=C\C/C=C\C/C=C\C/C=C\C/C=C\C/C=C\C/C=C\C/C=C\CCCCCCCCCCCCCCC(=O)NC(CO)C(O)/C=C/CC/C=C/CC/C=C/CCCCCCCCCCCCCCCCCC. The molecule has 75 heavy (non-hydrogen) atoms. The third-order valence-corrected chi connectivity index (χ3v) is 13.8. The first-order chi connectivity index (χ1) is 37.2. The van der Waals surface area contributed by atoms with Crippen LogP contribution in [-0.4, -0.2) is 34.9 Å². The van der Waals surface area contributed by atoms with Crippen LogP contribution in [0.25, 0.3) is 0 Å². The molecule has 0 bridgehead atoms. The van der Waals surface area contributed by atoms with Crippen LogP contribution < -0.4 is 5.32 Å². The fourth-order valence-electron chi connectivity index (χ4n) is 9.05. The van der Waals surface area contributed by atoms with Crippen molar-refractivity contribution in [3.63, 3.8) is 0 Å². The Balaban J connectivity index is 3.60. The molecule has 0 radical (unpaired) electrons. The molecular weight excluding hydrogens is 915 g/mol. The Morgan fingerprint density at radius 3 is 0.933 bits per heavy atom. The van der Waals surface area contributed by atoms with E-state index in [-0.39, 0.29) is 12.5 Å². The minimum Gasteiger partial charge on any atom is -0.394 e. The van der Waals surface area contributed by atoms with Crippen LogP contribution in [-0.2, 0) is 4.79 Å². The average Bonchev–Trinajstić information content (AvgIpc) is 3.41. The maximum atomic E-state index is 12.5. The quantitative estimate of drug-likeness (QED) is 0.0420. The van der Waals surface area contributed by atoms with Gasteiger partial charge in [0.2, 0.25) is 5.91 Å². The van der Waals surface area contributed by atoms with E-state index < -0.39 is 12.1 Å². The molecule has 0 saturated heterocycles. The van der Waals surface area contributed by atoms with Gasteiger partial charge in [-0.2, -0.15) is 0 Å². The highest BCUT2D eigenvalue weighted by Crippen LogP contribution is 2.16. The fourth-order valence-corrected chi connectivity index (χ4v) is 9.05. The third kappa shape index (κ3) is 61.3. The highest BCUT2D eigenvalue weighted by Gasteiger charge is 2.18. The number of rotatable bonds is 57. The zero-order chi connectivity index (χ0) is 54.1. The van der Waals surface area contributed by atoms with Gasteiger partial charge in [0.1, 0.15) is 0 Å². The number of carbonyl (C=O) groups is 1. The topological polar surface area (TPSA) is 69.6 Å². The normalized spacial score (nSPS) is 13.7. The Labute approximate surface area is 466 Å². The summed E-state index contributed by atoms with van der Waals surface area (Å²) in [6.07, 6.45) is 101. The maximum Gasteiger partial charge on any atom is 0.220 e. The van der Waals surface area contributed by atoms with Gasteiger partial charge in [-0.1, -0.05) is 308 Å². The predicted octanol–water partition coefficient (Wildman–Crippen LogP) is 21.8. The number of allylic oxidation sites excluding steroid dienone is 21. The molecule has 0 aliphatic carbocycles. The molecule has 0 spiro atoms. The van der Waals surface area contributed by atoms with Crippen molar-refractivity contribution in [3.05, 3.63) is 134 Å². The van der Waals surface area contributed by atoms with Gasteiger partial charge in [0.25, 0.3) is 0 Å². The van der Waals surface area contributed by atoms with Crippen LogP contribution in [0.15, 0.2) is 134 Å². The van der Waals surface area contributed by atoms with Crippen LogP contribution in [0, 0.1) is 0 Å². The molecule has 2 unspecified atom stereocenters. The molecule has 0 aromatic heterocycles. The van der Waals surface area contributed by atoms with Crippen LogP contribution in [0.5, 0.6) is 0 Å². The van der Waals surface area contributed by atoms with Gasteiger partial charge in [-0.15, -0.1) is 0 Å². The van der Waals surface area contributed by atoms with E-state index in [0.717, 1.165) is 89.9 Å². The summed E-state index contributed by atoms with van der Waals surface area (Å²) in [6, 6.07) is -0.657. The summed E-state index contributed by atoms with van der Waals surface area (Å²) in [7, 11) is 0. The van der Waals surface area contributed by atoms with E-state index in [0.29, 0.717) is 6.42 Å². The van der Waals surface area contributed by atoms with Crippen molar-refractivity contribution in [3.8, 4) is 0 Å². The molecular formula is C71H121NO3. The smallest absolute Gasteiger partial charge is 0.220 e. The largest absolute Gasteiger partial charge is 0.394 e. The molecule has 4 heteroatoms. The summed E-state index contributed by atoms with van der Waals surface area (Å²) >= 11 is 0. The van der Waals surface area contributed by atoms with E-state index in [4.69, 9.17) is 0 Å². The molecule has 3 N–H and O–H groups in total. The Bertz CT molecular complexity index is 1500. The summed E-state index contributed by atoms with van der Waals surface area (Å²) in [4.78, 5) is 12.5. The zero-order valence-corrected chi connectivity index (χ0v) is 49.3. The minimum absolute atomic E-state index is 0.0832. The molecule has 4 nitrogen and oxygen atoms in total. The number of carbonyl (C=O) groups excluding carboxylic acids is 1. The van der Waals surface area contributed by atoms with Crippen molar-refractivity contribution in [1.82, 2.24) is 5.32 Å². The lowest BCUT2D eigenvalue weighted by atomic mass is 10.0. The van der Waals surface area contributed by atoms with E-state index in [2.05, 4.69) is 141 Å². The molecule has 0 fully saturated rings. The molecule has 0 aliphatic heterocycles. The number of hydrogen-bond donors (Lipinski definition) is 3. The first-order valence-corrected chi connectivity index (χ1v) is 31.9. The maximum absolute atomic E-state index is 12.5. The lowest BCUT2D eigenvalue weighted by molar-refractivity contribution is -0.123. The second-order valence-electron chi connectivity index (χ2n) is 21.1. The highest BCUT2D eigenvalue weighted by molar-refractivity contribution is 5.76. The Morgan fingerprint density at radius 1 is 0.333 bits per heavy atom. The predicted molar refractivity (Wildman–Crippen MR) is 335 cm³/mol. The number of unbranched alkanes of at least 4 members (excludes halogenated alkanes) is 30. The van der Waals surface area contributed by atoms with Crippen LogP contribution in [0.1, 0.15) is 290 Å². The van der Waals surface area contributed by atoms with Crippen LogP contribution in [0.3, 0.4) is 0 Å². The Morgan fingerprint density at radius 2 is 0.600 bits per heavy atom. The molecule has 2 atom stereocenters. The summed E-state index contributed by atoms with van der Waals surface area (Å²) in [5.74, 6) is -0.0832. The summed E-state index contributed by atoms with van der Waals surface area (Å²) in [6.45, 7) is 4.19. The van der Waals surface area contributed by atoms with Gasteiger partial charge >= 0.3 is 0 Å². The first-order valence-electron chi connectivity index (χ1n) is 31.9. The van der Waals surface area contributed by atoms with E-state index in [9.17, 15) is 15.0 Å². The van der Waals surface area contributed by atoms with Crippen molar-refractivity contribution < 1.29 is 15.0 Å². The van der Waals surface area contributed by atoms with Crippen molar-refractivity contribution >= 4 is 5.91 Å². The number of aliphatic hydroxyl groups is 2. The molecule has 428 valence electrons. The van der Waals surface area contributed by atoms with Crippen molar-refractivity contribution in [2.75, 3.05) is 6.61 Å². The van der Waals surface area contributed by atoms with E-state index >= 15 is 0 Å². The van der Waals surface area contributed by atoms with Crippen LogP contribution >= 0.6 is 0 Å². The number of aliphatic hydroxyl groups excluding tert-OH is 2. The van der Waals surface area contributed by atoms with E-state index in [1.807, 2.05) is 6.08 Å². The van der Waals surface area contributed by atoms with Crippen LogP contribution in [0.4, 0.5) is 0 Å². The fraction of sp³-hybridized carbons (Fsp3) is 0.676. The summed E-state index contributed by atoms with van der Waals surface area (Å²) in [5.41, 5.74) is 0. The van der Waals surface area contributed by atoms with Gasteiger partial charge in [0, 0.05) is 6.42 Å². The number of nitrogens with one attached hydrogen (secondary N) is 1. The van der Waals surface area contributed by atoms with Gasteiger partial charge in [0.05, 0.1) is 18.8 Å². The number of hydrogen-bond acceptors (Lipinski definition) is 3. The summed E-state index contributed by atoms with van der Waals surface area (Å²) < 4.78 is 0. The molecule has 0 aromatic carbocycles. The Hall–Kier alpha value is -3.47. The van der Waals surface area contributed by atoms with Crippen molar-refractivity contribution in [2.45, 2.75) is 302 Å². The molecule has 0 aromatic rings. The van der Waals surface area contributed by atoms with E-state index in [1.54, 1.807) is 6.08 Å². The van der Waals surface area contributed by atoms with Crippen molar-refractivity contribution in [1.29, 1.82) is 0 Å². The highest BCUT2D eigenvalue weighted by atomic mass is 16.3. The molecule has 0 heterocycles. The Kier molecular flexibility index (Phi) is 61.8. The van der Waals surface area contributed by atoms with Gasteiger partial charge in [-0.25, -0.2) is 0 Å². The zero-order valence-electron chi connectivity index (χ0n) is 49.3. The monoisotopic (exact) mass is 1040 g/mol. The molecule has 0 rings (SSSR count). The second kappa shape index (κ2) is 64.8. The standard InChI is InChI=1S/C71H121NO3/c1-3-5-7-9-11-13-15-17-19-21-23-25-27-29-31-32-33-34-35-36-37-38-39-40-41-43-45-47-49-51-53-55-57-59-61-63-65-67-71(75)72-69(68-73)70(74)66-64-62-60-58-56-54-52-50-48-46-44-42-30-28-26-24-22-20-18-16-14-12-10-8-6-4-2/h5,7,11,13,17,19,23,25,29,31,33-34,36-37,39-40,48,50,56,58,64,66,69-70,73-74H,3-4,6,8-10,12,14-16,18,20-22,24,26-28,30,32,35,38,41-47,49,51-55,57,59-63,65,67-68H2,1-2H3,(H,72,75)/b7-5-,13-11-,19-17-,25-23-,31-29-,34-33-,37-36-,40-39-,50-48+,58-56+,66-64+. The van der Waals surface area contributed by atoms with E-state index in [1.165, 1.54) is 180 Å². The second-order valence-corrected chi connectivity index (χ2v) is 21.1. The van der Waals surface area contributed by atoms with Gasteiger partial charge in [0.15, 0.2) is 0 Å². The molecule has 1 amide bonds. The molecule has 0 aliphatic rings. The first kappa shape index (κ1) is 71.5. The third-order valence-electron chi connectivity index (χ3n) is 13.8. The minimum atomic E-state index is -0.881. The average molecular weight is 1040 g/mol.